The van der Waals surface area contributed by atoms with Gasteiger partial charge in [0.1, 0.15) is 5.60 Å². The van der Waals surface area contributed by atoms with Gasteiger partial charge in [0.25, 0.3) is 0 Å². The molecule has 1 atom stereocenters. The average molecular weight is 517 g/mol. The maximum absolute atomic E-state index is 14.1. The Hall–Kier alpha value is -2.90. The quantitative estimate of drug-likeness (QED) is 0.289. The van der Waals surface area contributed by atoms with Crippen LogP contribution in [0.15, 0.2) is 60.7 Å². The number of benzene rings is 3. The van der Waals surface area contributed by atoms with E-state index < -0.39 is 17.3 Å². The van der Waals surface area contributed by atoms with Crippen LogP contribution in [0.25, 0.3) is 10.8 Å². The minimum atomic E-state index is -4.71. The Morgan fingerprint density at radius 2 is 1.46 bits per heavy atom. The van der Waals surface area contributed by atoms with Crippen LogP contribution in [0.3, 0.4) is 0 Å². The van der Waals surface area contributed by atoms with Crippen molar-refractivity contribution in [2.75, 3.05) is 31.1 Å². The first-order valence-corrected chi connectivity index (χ1v) is 12.9. The Bertz CT molecular complexity index is 1140. The molecule has 3 rings (SSSR count). The highest BCUT2D eigenvalue weighted by Gasteiger charge is 2.42. The molecule has 0 radical (unpaired) electrons. The summed E-state index contributed by atoms with van der Waals surface area (Å²) in [5.41, 5.74) is -2.94. The summed E-state index contributed by atoms with van der Waals surface area (Å²) >= 11 is 0. The Balaban J connectivity index is 0.00000112. The van der Waals surface area contributed by atoms with Crippen LogP contribution in [-0.2, 0) is 16.6 Å². The second kappa shape index (κ2) is 13.6. The molecule has 202 valence electrons. The number of amides is 1. The number of fused-ring (bicyclic) bond motifs is 1. The highest BCUT2D eigenvalue weighted by molar-refractivity contribution is 5.84. The van der Waals surface area contributed by atoms with Crippen LogP contribution >= 0.6 is 0 Å². The number of hydrogen-bond acceptors (Lipinski definition) is 3. The van der Waals surface area contributed by atoms with Gasteiger partial charge in [-0.2, -0.15) is 13.2 Å². The lowest BCUT2D eigenvalue weighted by Crippen LogP contribution is -2.37. The van der Waals surface area contributed by atoms with Crippen molar-refractivity contribution >= 4 is 22.9 Å². The number of carbonyl (C=O) groups is 1. The third kappa shape index (κ3) is 7.55. The Morgan fingerprint density at radius 1 is 0.838 bits per heavy atom. The zero-order chi connectivity index (χ0) is 27.6. The molecule has 0 saturated heterocycles. The van der Waals surface area contributed by atoms with E-state index in [4.69, 9.17) is 0 Å². The highest BCUT2D eigenvalue weighted by Crippen LogP contribution is 2.44. The van der Waals surface area contributed by atoms with Gasteiger partial charge >= 0.3 is 6.18 Å². The molecule has 0 heterocycles. The molecule has 3 aromatic rings. The van der Waals surface area contributed by atoms with Crippen LogP contribution in [0.4, 0.5) is 18.9 Å². The summed E-state index contributed by atoms with van der Waals surface area (Å²) in [4.78, 5) is 15.3. The zero-order valence-corrected chi connectivity index (χ0v) is 22.5. The fraction of sp³-hybridized carbons (Fsp3) is 0.433. The van der Waals surface area contributed by atoms with Crippen molar-refractivity contribution in [3.05, 3.63) is 77.4 Å². The summed E-state index contributed by atoms with van der Waals surface area (Å²) in [6, 6.07) is 16.2. The normalized spacial score (nSPS) is 13.1. The van der Waals surface area contributed by atoms with Crippen LogP contribution in [0.1, 0.15) is 64.2 Å². The van der Waals surface area contributed by atoms with Crippen molar-refractivity contribution in [2.24, 2.45) is 0 Å². The fourth-order valence-corrected chi connectivity index (χ4v) is 4.18. The standard InChI is InChI=1S/C26H29F3N2O2.C4H10/c1-4-30(5-2)15-16-31(18-32)23-12-8-11-22(26(27,28)29)24(23)25(3,33)21-14-13-19-9-6-7-10-20(19)17-21;1-3-4-2/h6-14,17-18,33H,4-5,15-16H2,1-3H3;3-4H2,1-2H3. The fourth-order valence-electron chi connectivity index (χ4n) is 4.18. The largest absolute Gasteiger partial charge is 0.416 e. The molecule has 0 fully saturated rings. The molecular formula is C30H39F3N2O2. The van der Waals surface area contributed by atoms with Gasteiger partial charge in [-0.05, 0) is 54.5 Å². The topological polar surface area (TPSA) is 43.8 Å². The van der Waals surface area contributed by atoms with Gasteiger partial charge in [-0.1, -0.05) is 83.0 Å². The number of carbonyl (C=O) groups excluding carboxylic acids is 1. The van der Waals surface area contributed by atoms with Crippen molar-refractivity contribution in [1.29, 1.82) is 0 Å². The lowest BCUT2D eigenvalue weighted by molar-refractivity contribution is -0.140. The number of anilines is 1. The predicted octanol–water partition coefficient (Wildman–Crippen LogP) is 7.23. The smallest absolute Gasteiger partial charge is 0.381 e. The van der Waals surface area contributed by atoms with Crippen molar-refractivity contribution in [3.8, 4) is 0 Å². The van der Waals surface area contributed by atoms with E-state index in [1.807, 2.05) is 38.1 Å². The molecule has 0 aliphatic rings. The summed E-state index contributed by atoms with van der Waals surface area (Å²) in [7, 11) is 0. The molecule has 0 spiro atoms. The van der Waals surface area contributed by atoms with E-state index in [1.54, 1.807) is 18.2 Å². The third-order valence-electron chi connectivity index (χ3n) is 6.63. The second-order valence-corrected chi connectivity index (χ2v) is 9.16. The van der Waals surface area contributed by atoms with Crippen LogP contribution in [0.5, 0.6) is 0 Å². The maximum Gasteiger partial charge on any atom is 0.416 e. The van der Waals surface area contributed by atoms with Gasteiger partial charge in [0, 0.05) is 18.7 Å². The van der Waals surface area contributed by atoms with Crippen molar-refractivity contribution in [1.82, 2.24) is 4.90 Å². The van der Waals surface area contributed by atoms with Crippen LogP contribution in [-0.4, -0.2) is 42.6 Å². The Labute approximate surface area is 218 Å². The van der Waals surface area contributed by atoms with Gasteiger partial charge < -0.3 is 14.9 Å². The summed E-state index contributed by atoms with van der Waals surface area (Å²) in [6.07, 6.45) is -1.54. The molecule has 0 aliphatic carbocycles. The second-order valence-electron chi connectivity index (χ2n) is 9.16. The van der Waals surface area contributed by atoms with Crippen LogP contribution < -0.4 is 4.90 Å². The van der Waals surface area contributed by atoms with E-state index in [1.165, 1.54) is 36.8 Å². The van der Waals surface area contributed by atoms with E-state index in [9.17, 15) is 23.1 Å². The summed E-state index contributed by atoms with van der Waals surface area (Å²) in [5, 5.41) is 13.3. The minimum Gasteiger partial charge on any atom is -0.381 e. The number of unbranched alkanes of at least 4 members (excludes halogenated alkanes) is 1. The van der Waals surface area contributed by atoms with Crippen molar-refractivity contribution in [3.63, 3.8) is 0 Å². The minimum absolute atomic E-state index is 0.0464. The molecule has 0 bridgehead atoms. The van der Waals surface area contributed by atoms with E-state index in [2.05, 4.69) is 18.7 Å². The summed E-state index contributed by atoms with van der Waals surface area (Å²) in [6.45, 7) is 11.9. The summed E-state index contributed by atoms with van der Waals surface area (Å²) < 4.78 is 42.3. The summed E-state index contributed by atoms with van der Waals surface area (Å²) in [5.74, 6) is 0. The van der Waals surface area contributed by atoms with Gasteiger partial charge in [0.2, 0.25) is 6.41 Å². The first-order valence-electron chi connectivity index (χ1n) is 12.9. The third-order valence-corrected chi connectivity index (χ3v) is 6.63. The van der Waals surface area contributed by atoms with Gasteiger partial charge in [-0.3, -0.25) is 4.79 Å². The molecule has 1 N–H and O–H groups in total. The highest BCUT2D eigenvalue weighted by atomic mass is 19.4. The van der Waals surface area contributed by atoms with E-state index in [0.717, 1.165) is 29.9 Å². The molecule has 0 aromatic heterocycles. The molecule has 1 unspecified atom stereocenters. The number of nitrogens with zero attached hydrogens (tertiary/aromatic N) is 2. The molecule has 37 heavy (non-hydrogen) atoms. The zero-order valence-electron chi connectivity index (χ0n) is 22.5. The molecule has 4 nitrogen and oxygen atoms in total. The predicted molar refractivity (Wildman–Crippen MR) is 146 cm³/mol. The Morgan fingerprint density at radius 3 is 2.00 bits per heavy atom. The SMILES string of the molecule is CCCC.CCN(CC)CCN(C=O)c1cccc(C(F)(F)F)c1C(C)(O)c1ccc2ccccc2c1. The number of aliphatic hydroxyl groups is 1. The average Bonchev–Trinajstić information content (AvgIpc) is 2.90. The molecule has 3 aromatic carbocycles. The van der Waals surface area contributed by atoms with E-state index in [0.29, 0.717) is 18.5 Å². The van der Waals surface area contributed by atoms with Crippen LogP contribution in [0, 0.1) is 0 Å². The number of likely N-dealkylation sites (N-methyl/N-ethyl adjacent to an activating group) is 1. The van der Waals surface area contributed by atoms with Gasteiger partial charge in [-0.25, -0.2) is 0 Å². The lowest BCUT2D eigenvalue weighted by Gasteiger charge is -2.33. The number of hydrogen-bond donors (Lipinski definition) is 1. The molecule has 0 aliphatic heterocycles. The van der Waals surface area contributed by atoms with Crippen molar-refractivity contribution < 1.29 is 23.1 Å². The van der Waals surface area contributed by atoms with Gasteiger partial charge in [-0.15, -0.1) is 0 Å². The van der Waals surface area contributed by atoms with E-state index in [-0.39, 0.29) is 17.8 Å². The van der Waals surface area contributed by atoms with Gasteiger partial charge in [0.15, 0.2) is 0 Å². The molecular weight excluding hydrogens is 477 g/mol. The number of halogens is 3. The lowest BCUT2D eigenvalue weighted by atomic mass is 9.82. The van der Waals surface area contributed by atoms with E-state index >= 15 is 0 Å². The first kappa shape index (κ1) is 30.3. The first-order chi connectivity index (χ1) is 17.5. The number of alkyl halides is 3. The molecule has 7 heteroatoms. The van der Waals surface area contributed by atoms with Gasteiger partial charge in [0.05, 0.1) is 11.3 Å². The van der Waals surface area contributed by atoms with Crippen LogP contribution in [0.2, 0.25) is 0 Å². The Kier molecular flexibility index (Phi) is 11.1. The molecule has 0 saturated carbocycles. The van der Waals surface area contributed by atoms with Crippen molar-refractivity contribution in [2.45, 2.75) is 59.2 Å². The monoisotopic (exact) mass is 516 g/mol. The number of rotatable bonds is 10. The molecule has 1 amide bonds. The maximum atomic E-state index is 14.1.